The van der Waals surface area contributed by atoms with Gasteiger partial charge in [-0.1, -0.05) is 11.6 Å². The first kappa shape index (κ1) is 31.9. The van der Waals surface area contributed by atoms with Crippen molar-refractivity contribution in [2.24, 2.45) is 0 Å². The van der Waals surface area contributed by atoms with Crippen LogP contribution < -0.4 is 20.9 Å². The third-order valence-corrected chi connectivity index (χ3v) is 7.47. The molecule has 230 valence electrons. The Morgan fingerprint density at radius 2 is 1.84 bits per heavy atom. The zero-order valence-corrected chi connectivity index (χ0v) is 25.0. The Balaban J connectivity index is 1.34. The van der Waals surface area contributed by atoms with Gasteiger partial charge in [0.25, 0.3) is 11.8 Å². The Bertz CT molecular complexity index is 1510. The molecule has 1 aliphatic heterocycles. The van der Waals surface area contributed by atoms with Gasteiger partial charge in [-0.25, -0.2) is 24.7 Å². The van der Waals surface area contributed by atoms with E-state index < -0.39 is 46.3 Å². The summed E-state index contributed by atoms with van der Waals surface area (Å²) in [7, 11) is 0. The first-order chi connectivity index (χ1) is 20.1. The topological polar surface area (TPSA) is 151 Å². The fourth-order valence-corrected chi connectivity index (χ4v) is 5.06. The lowest BCUT2D eigenvalue weighted by Crippen LogP contribution is -2.40. The van der Waals surface area contributed by atoms with Crippen LogP contribution in [0.1, 0.15) is 70.9 Å². The summed E-state index contributed by atoms with van der Waals surface area (Å²) < 4.78 is 44.7. The quantitative estimate of drug-likeness (QED) is 0.329. The van der Waals surface area contributed by atoms with Crippen LogP contribution in [0.25, 0.3) is 0 Å². The molecule has 4 heterocycles. The van der Waals surface area contributed by atoms with E-state index in [4.69, 9.17) is 16.3 Å². The number of thiazole rings is 1. The maximum absolute atomic E-state index is 13.1. The number of alkyl halides is 3. The molecule has 3 aromatic rings. The largest absolute Gasteiger partial charge is 0.444 e. The molecular weight excluding hydrogens is 613 g/mol. The van der Waals surface area contributed by atoms with Crippen LogP contribution >= 0.6 is 22.9 Å². The number of nitrogens with zero attached hydrogens (tertiary/aromatic N) is 5. The summed E-state index contributed by atoms with van der Waals surface area (Å²) in [5.74, 6) is -1.05. The second kappa shape index (κ2) is 12.7. The normalized spacial score (nSPS) is 16.0. The van der Waals surface area contributed by atoms with Crippen LogP contribution in [-0.4, -0.2) is 62.6 Å². The van der Waals surface area contributed by atoms with E-state index in [0.29, 0.717) is 36.4 Å². The lowest BCUT2D eigenvalue weighted by Gasteiger charge is -2.22. The second-order valence-electron chi connectivity index (χ2n) is 10.6. The van der Waals surface area contributed by atoms with E-state index in [1.165, 1.54) is 18.6 Å². The van der Waals surface area contributed by atoms with Crippen LogP contribution in [0, 0.1) is 0 Å². The maximum atomic E-state index is 13.1. The lowest BCUT2D eigenvalue weighted by molar-refractivity contribution is -0.137. The number of carbonyl (C=O) groups excluding carboxylic acids is 3. The second-order valence-corrected chi connectivity index (χ2v) is 12.1. The van der Waals surface area contributed by atoms with Crippen molar-refractivity contribution in [3.05, 3.63) is 57.0 Å². The number of ether oxygens (including phenoxy) is 1. The third kappa shape index (κ3) is 8.50. The Kier molecular flexibility index (Phi) is 9.39. The minimum atomic E-state index is -4.72. The third-order valence-electron chi connectivity index (χ3n) is 5.99. The summed E-state index contributed by atoms with van der Waals surface area (Å²) in [6.45, 7) is 8.08. The SMILES string of the molecule is CC(NC(=O)c1cc(N2CCC(NC(=O)OC(C)(C)C)C2)ncn1)c1ncc(C(=O)Nc2cc(C(F)(F)F)c(Cl)cn2)s1. The highest BCUT2D eigenvalue weighted by Crippen LogP contribution is 2.35. The first-order valence-electron chi connectivity index (χ1n) is 13.0. The van der Waals surface area contributed by atoms with Gasteiger partial charge in [0.05, 0.1) is 28.9 Å². The molecule has 0 spiro atoms. The molecule has 0 aromatic carbocycles. The molecule has 4 rings (SSSR count). The molecule has 0 bridgehead atoms. The predicted octanol–water partition coefficient (Wildman–Crippen LogP) is 4.85. The van der Waals surface area contributed by atoms with Gasteiger partial charge in [-0.15, -0.1) is 11.3 Å². The number of hydrogen-bond acceptors (Lipinski definition) is 10. The molecule has 17 heteroatoms. The van der Waals surface area contributed by atoms with Gasteiger partial charge in [0.15, 0.2) is 0 Å². The van der Waals surface area contributed by atoms with Crippen molar-refractivity contribution in [1.82, 2.24) is 30.6 Å². The highest BCUT2D eigenvalue weighted by Gasteiger charge is 2.34. The van der Waals surface area contributed by atoms with Crippen molar-refractivity contribution >= 4 is 52.5 Å². The molecule has 43 heavy (non-hydrogen) atoms. The summed E-state index contributed by atoms with van der Waals surface area (Å²) in [5, 5.41) is 7.68. The van der Waals surface area contributed by atoms with Gasteiger partial charge in [-0.3, -0.25) is 9.59 Å². The lowest BCUT2D eigenvalue weighted by atomic mass is 10.2. The molecule has 2 unspecified atom stereocenters. The summed E-state index contributed by atoms with van der Waals surface area (Å²) in [6.07, 6.45) is -1.24. The van der Waals surface area contributed by atoms with Crippen LogP contribution in [0.3, 0.4) is 0 Å². The van der Waals surface area contributed by atoms with E-state index in [1.807, 2.05) is 4.90 Å². The molecule has 1 fully saturated rings. The van der Waals surface area contributed by atoms with Gasteiger partial charge in [0.2, 0.25) is 0 Å². The zero-order valence-electron chi connectivity index (χ0n) is 23.5. The molecule has 0 radical (unpaired) electrons. The molecule has 1 saturated heterocycles. The van der Waals surface area contributed by atoms with Crippen LogP contribution in [0.15, 0.2) is 30.9 Å². The zero-order chi connectivity index (χ0) is 31.5. The van der Waals surface area contributed by atoms with Gasteiger partial charge >= 0.3 is 12.3 Å². The maximum Gasteiger partial charge on any atom is 0.418 e. The van der Waals surface area contributed by atoms with Gasteiger partial charge in [-0.05, 0) is 40.2 Å². The first-order valence-corrected chi connectivity index (χ1v) is 14.2. The van der Waals surface area contributed by atoms with Crippen molar-refractivity contribution in [2.45, 2.75) is 58.0 Å². The van der Waals surface area contributed by atoms with Crippen LogP contribution in [-0.2, 0) is 10.9 Å². The Hall–Kier alpha value is -4.05. The molecule has 3 aromatic heterocycles. The highest BCUT2D eigenvalue weighted by atomic mass is 35.5. The number of halogens is 4. The Labute approximate surface area is 253 Å². The van der Waals surface area contributed by atoms with E-state index in [-0.39, 0.29) is 22.4 Å². The summed E-state index contributed by atoms with van der Waals surface area (Å²) in [4.78, 5) is 55.9. The fourth-order valence-electron chi connectivity index (χ4n) is 4.03. The van der Waals surface area contributed by atoms with Crippen LogP contribution in [0.4, 0.5) is 29.6 Å². The van der Waals surface area contributed by atoms with Gasteiger partial charge in [0.1, 0.15) is 39.1 Å². The number of nitrogens with one attached hydrogen (secondary N) is 3. The van der Waals surface area contributed by atoms with Crippen LogP contribution in [0.2, 0.25) is 5.02 Å². The molecule has 0 saturated carbocycles. The molecule has 3 amide bonds. The number of anilines is 2. The minimum Gasteiger partial charge on any atom is -0.444 e. The van der Waals surface area contributed by atoms with Gasteiger partial charge < -0.3 is 25.6 Å². The number of rotatable bonds is 7. The fraction of sp³-hybridized carbons (Fsp3) is 0.423. The van der Waals surface area contributed by atoms with Gasteiger partial charge in [0, 0.05) is 25.4 Å². The number of pyridine rings is 1. The average Bonchev–Trinajstić information content (AvgIpc) is 3.58. The Morgan fingerprint density at radius 1 is 1.09 bits per heavy atom. The van der Waals surface area contributed by atoms with Crippen molar-refractivity contribution in [3.8, 4) is 0 Å². The molecule has 0 aliphatic carbocycles. The average molecular weight is 641 g/mol. The minimum absolute atomic E-state index is 0.0920. The van der Waals surface area contributed by atoms with E-state index >= 15 is 0 Å². The number of hydrogen-bond donors (Lipinski definition) is 3. The van der Waals surface area contributed by atoms with Crippen molar-refractivity contribution in [1.29, 1.82) is 0 Å². The monoisotopic (exact) mass is 640 g/mol. The number of alkyl carbamates (subject to hydrolysis) is 1. The summed E-state index contributed by atoms with van der Waals surface area (Å²) in [6, 6.07) is 1.39. The van der Waals surface area contributed by atoms with E-state index in [9.17, 15) is 27.6 Å². The van der Waals surface area contributed by atoms with E-state index in [2.05, 4.69) is 35.9 Å². The number of aromatic nitrogens is 4. The van der Waals surface area contributed by atoms with E-state index in [1.54, 1.807) is 27.7 Å². The highest BCUT2D eigenvalue weighted by molar-refractivity contribution is 7.13. The molecule has 3 N–H and O–H groups in total. The standard InChI is InChI=1S/C26H28ClF3N8O4S/c1-13(23-32-10-18(43-23)22(40)37-19-7-15(26(28,29)30)16(27)9-31-19)35-21(39)17-8-20(34-12-33-17)38-6-5-14(11-38)36-24(41)42-25(2,3)4/h7-10,12-14H,5-6,11H2,1-4H3,(H,35,39)(H,36,41)(H,31,37,40). The summed E-state index contributed by atoms with van der Waals surface area (Å²) >= 11 is 6.52. The summed E-state index contributed by atoms with van der Waals surface area (Å²) in [5.41, 5.74) is -1.64. The van der Waals surface area contributed by atoms with Crippen molar-refractivity contribution in [3.63, 3.8) is 0 Å². The number of carbonyl (C=O) groups is 3. The predicted molar refractivity (Wildman–Crippen MR) is 152 cm³/mol. The molecule has 1 aliphatic rings. The van der Waals surface area contributed by atoms with Crippen LogP contribution in [0.5, 0.6) is 0 Å². The number of amides is 3. The van der Waals surface area contributed by atoms with Crippen molar-refractivity contribution in [2.75, 3.05) is 23.3 Å². The molecule has 12 nitrogen and oxygen atoms in total. The molecular formula is C26H28ClF3N8O4S. The molecule has 2 atom stereocenters. The van der Waals surface area contributed by atoms with E-state index in [0.717, 1.165) is 17.5 Å². The van der Waals surface area contributed by atoms with Gasteiger partial charge in [-0.2, -0.15) is 13.2 Å². The Morgan fingerprint density at radius 3 is 2.53 bits per heavy atom. The smallest absolute Gasteiger partial charge is 0.418 e. The van der Waals surface area contributed by atoms with Crippen molar-refractivity contribution < 1.29 is 32.3 Å².